The van der Waals surface area contributed by atoms with E-state index in [1.807, 2.05) is 83.2 Å². The van der Waals surface area contributed by atoms with E-state index in [2.05, 4.69) is 27.3 Å². The molecule has 0 spiro atoms. The maximum atomic E-state index is 12.3. The Balaban J connectivity index is 1.75. The third-order valence-electron chi connectivity index (χ3n) is 5.70. The fourth-order valence-corrected chi connectivity index (χ4v) is 3.48. The number of ether oxygens (including phenoxy) is 1. The topological polar surface area (TPSA) is 56.8 Å². The van der Waals surface area contributed by atoms with Gasteiger partial charge in [0.15, 0.2) is 0 Å². The molecule has 7 heteroatoms. The van der Waals surface area contributed by atoms with Gasteiger partial charge in [0.05, 0.1) is 11.2 Å². The zero-order valence-electron chi connectivity index (χ0n) is 18.7. The van der Waals surface area contributed by atoms with E-state index < -0.39 is 24.4 Å². The fraction of sp³-hybridized carbons (Fsp3) is 0.375. The van der Waals surface area contributed by atoms with Gasteiger partial charge in [0.25, 0.3) is 0 Å². The maximum Gasteiger partial charge on any atom is 0.492 e. The molecule has 31 heavy (non-hydrogen) atoms. The van der Waals surface area contributed by atoms with Crippen LogP contribution in [-0.4, -0.2) is 31.0 Å². The highest BCUT2D eigenvalue weighted by molar-refractivity contribution is 9.10. The van der Waals surface area contributed by atoms with E-state index in [0.29, 0.717) is 0 Å². The highest BCUT2D eigenvalue weighted by Gasteiger charge is 2.52. The van der Waals surface area contributed by atoms with Gasteiger partial charge in [0.2, 0.25) is 0 Å². The zero-order chi connectivity index (χ0) is 22.6. The van der Waals surface area contributed by atoms with Crippen molar-refractivity contribution in [1.29, 1.82) is 0 Å². The summed E-state index contributed by atoms with van der Waals surface area (Å²) in [6, 6.07) is 15.7. The molecule has 3 rings (SSSR count). The van der Waals surface area contributed by atoms with E-state index in [4.69, 9.17) is 14.0 Å². The third kappa shape index (κ3) is 6.00. The highest BCUT2D eigenvalue weighted by atomic mass is 79.9. The van der Waals surface area contributed by atoms with Crippen LogP contribution in [0.25, 0.3) is 6.08 Å². The monoisotopic (exact) mass is 485 g/mol. The normalized spacial score (nSPS) is 17.5. The van der Waals surface area contributed by atoms with Crippen LogP contribution in [0.2, 0.25) is 0 Å². The van der Waals surface area contributed by atoms with Gasteiger partial charge in [-0.3, -0.25) is 0 Å². The lowest BCUT2D eigenvalue weighted by molar-refractivity contribution is 0.00578. The van der Waals surface area contributed by atoms with Gasteiger partial charge in [-0.25, -0.2) is 4.79 Å². The minimum Gasteiger partial charge on any atom is -0.445 e. The second-order valence-electron chi connectivity index (χ2n) is 8.75. The molecule has 5 nitrogen and oxygen atoms in total. The Morgan fingerprint density at radius 2 is 1.74 bits per heavy atom. The van der Waals surface area contributed by atoms with Gasteiger partial charge in [0.1, 0.15) is 6.61 Å². The summed E-state index contributed by atoms with van der Waals surface area (Å²) in [6.45, 7) is 10.5. The SMILES string of the molecule is Cc1ccc(Br)c(C=C(CNC(=O)OCc2ccccc2)B2OC(C)(C)C(C)(C)O2)c1. The van der Waals surface area contributed by atoms with Crippen LogP contribution in [0, 0.1) is 6.92 Å². The molecule has 164 valence electrons. The van der Waals surface area contributed by atoms with Crippen molar-refractivity contribution >= 4 is 35.2 Å². The van der Waals surface area contributed by atoms with Gasteiger partial charge < -0.3 is 19.4 Å². The molecule has 0 unspecified atom stereocenters. The molecule has 0 saturated carbocycles. The van der Waals surface area contributed by atoms with Gasteiger partial charge >= 0.3 is 13.2 Å². The Hall–Kier alpha value is -2.09. The molecule has 1 N–H and O–H groups in total. The van der Waals surface area contributed by atoms with Crippen LogP contribution in [0.1, 0.15) is 44.4 Å². The lowest BCUT2D eigenvalue weighted by Gasteiger charge is -2.32. The second-order valence-corrected chi connectivity index (χ2v) is 9.60. The van der Waals surface area contributed by atoms with Crippen LogP contribution in [0.3, 0.4) is 0 Å². The summed E-state index contributed by atoms with van der Waals surface area (Å²) in [5, 5.41) is 2.83. The number of nitrogens with one attached hydrogen (secondary N) is 1. The van der Waals surface area contributed by atoms with E-state index in [1.54, 1.807) is 0 Å². The van der Waals surface area contributed by atoms with Crippen LogP contribution < -0.4 is 5.32 Å². The van der Waals surface area contributed by atoms with Gasteiger partial charge in [-0.15, -0.1) is 0 Å². The van der Waals surface area contributed by atoms with Gasteiger partial charge in [-0.2, -0.15) is 0 Å². The van der Waals surface area contributed by atoms with Crippen LogP contribution in [0.4, 0.5) is 4.79 Å². The van der Waals surface area contributed by atoms with E-state index in [1.165, 1.54) is 0 Å². The number of carbonyl (C=O) groups excluding carboxylic acids is 1. The smallest absolute Gasteiger partial charge is 0.445 e. The van der Waals surface area contributed by atoms with Crippen molar-refractivity contribution in [3.63, 3.8) is 0 Å². The summed E-state index contributed by atoms with van der Waals surface area (Å²) in [7, 11) is -0.577. The average Bonchev–Trinajstić information content (AvgIpc) is 2.94. The number of aryl methyl sites for hydroxylation is 1. The van der Waals surface area contributed by atoms with Crippen LogP contribution in [-0.2, 0) is 20.7 Å². The summed E-state index contributed by atoms with van der Waals surface area (Å²) in [5.74, 6) is 0. The Morgan fingerprint density at radius 3 is 2.39 bits per heavy atom. The van der Waals surface area contributed by atoms with Crippen LogP contribution >= 0.6 is 15.9 Å². The van der Waals surface area contributed by atoms with Crippen LogP contribution in [0.15, 0.2) is 58.5 Å². The minimum absolute atomic E-state index is 0.214. The van der Waals surface area contributed by atoms with Crippen LogP contribution in [0.5, 0.6) is 0 Å². The first-order chi connectivity index (χ1) is 14.6. The van der Waals surface area contributed by atoms with Crippen molar-refractivity contribution in [1.82, 2.24) is 5.32 Å². The molecule has 0 radical (unpaired) electrons. The van der Waals surface area contributed by atoms with Gasteiger partial charge in [-0.05, 0) is 57.3 Å². The molecule has 1 amide bonds. The zero-order valence-corrected chi connectivity index (χ0v) is 20.3. The predicted octanol–water partition coefficient (Wildman–Crippen LogP) is 5.70. The number of hydrogen-bond donors (Lipinski definition) is 1. The Kier molecular flexibility index (Phi) is 7.29. The predicted molar refractivity (Wildman–Crippen MR) is 128 cm³/mol. The van der Waals surface area contributed by atoms with Crippen molar-refractivity contribution in [2.75, 3.05) is 6.54 Å². The van der Waals surface area contributed by atoms with Crippen molar-refractivity contribution < 1.29 is 18.8 Å². The quantitative estimate of drug-likeness (QED) is 0.533. The molecule has 0 atom stereocenters. The first kappa shape index (κ1) is 23.6. The Labute approximate surface area is 193 Å². The number of benzene rings is 2. The van der Waals surface area contributed by atoms with Gasteiger partial charge in [-0.1, -0.05) is 70.0 Å². The van der Waals surface area contributed by atoms with Crippen molar-refractivity contribution in [2.45, 2.75) is 52.4 Å². The molecule has 0 bridgehead atoms. The van der Waals surface area contributed by atoms with Crippen molar-refractivity contribution in [3.05, 3.63) is 75.2 Å². The number of amides is 1. The third-order valence-corrected chi connectivity index (χ3v) is 6.42. The molecule has 1 aliphatic rings. The standard InChI is InChI=1S/C24H29BBrNO4/c1-17-11-12-21(26)19(13-17)14-20(25-30-23(2,3)24(4,5)31-25)15-27-22(28)29-16-18-9-7-6-8-10-18/h6-14H,15-16H2,1-5H3,(H,27,28). The maximum absolute atomic E-state index is 12.3. The molecule has 1 fully saturated rings. The summed E-state index contributed by atoms with van der Waals surface area (Å²) in [5.41, 5.74) is 2.91. The highest BCUT2D eigenvalue weighted by Crippen LogP contribution is 2.39. The molecule has 1 aliphatic heterocycles. The number of carbonyl (C=O) groups is 1. The molecule has 1 saturated heterocycles. The molecule has 1 heterocycles. The summed E-state index contributed by atoms with van der Waals surface area (Å²) in [6.07, 6.45) is 1.51. The fourth-order valence-electron chi connectivity index (χ4n) is 3.12. The number of hydrogen-bond acceptors (Lipinski definition) is 4. The van der Waals surface area contributed by atoms with E-state index in [9.17, 15) is 4.79 Å². The molecular formula is C24H29BBrNO4. The summed E-state index contributed by atoms with van der Waals surface area (Å²) < 4.78 is 18.8. The lowest BCUT2D eigenvalue weighted by atomic mass is 9.77. The Morgan fingerprint density at radius 1 is 1.10 bits per heavy atom. The lowest BCUT2D eigenvalue weighted by Crippen LogP contribution is -2.41. The van der Waals surface area contributed by atoms with E-state index in [-0.39, 0.29) is 13.2 Å². The van der Waals surface area contributed by atoms with Crippen molar-refractivity contribution in [2.24, 2.45) is 0 Å². The number of alkyl carbamates (subject to hydrolysis) is 1. The second kappa shape index (κ2) is 9.59. The first-order valence-electron chi connectivity index (χ1n) is 10.3. The van der Waals surface area contributed by atoms with E-state index >= 15 is 0 Å². The molecule has 2 aromatic carbocycles. The molecule has 0 aromatic heterocycles. The minimum atomic E-state index is -0.577. The largest absolute Gasteiger partial charge is 0.492 e. The molecule has 2 aromatic rings. The number of rotatable bonds is 6. The first-order valence-corrected chi connectivity index (χ1v) is 11.1. The summed E-state index contributed by atoms with van der Waals surface area (Å²) in [4.78, 5) is 12.3. The van der Waals surface area contributed by atoms with Gasteiger partial charge in [0, 0.05) is 11.0 Å². The molecule has 0 aliphatic carbocycles. The van der Waals surface area contributed by atoms with Crippen molar-refractivity contribution in [3.8, 4) is 0 Å². The Bertz CT molecular complexity index is 943. The molecular weight excluding hydrogens is 457 g/mol. The summed E-state index contributed by atoms with van der Waals surface area (Å²) >= 11 is 3.60. The van der Waals surface area contributed by atoms with E-state index in [0.717, 1.165) is 26.6 Å². The average molecular weight is 486 g/mol. The number of halogens is 1.